The van der Waals surface area contributed by atoms with Crippen LogP contribution in [0.25, 0.3) is 0 Å². The van der Waals surface area contributed by atoms with Crippen LogP contribution in [0.1, 0.15) is 45.6 Å². The van der Waals surface area contributed by atoms with E-state index in [1.54, 1.807) is 18.2 Å². The second-order valence-corrected chi connectivity index (χ2v) is 7.14. The van der Waals surface area contributed by atoms with Crippen LogP contribution < -0.4 is 5.32 Å². The predicted molar refractivity (Wildman–Crippen MR) is 96.5 cm³/mol. The lowest BCUT2D eigenvalue weighted by molar-refractivity contribution is -0.139. The Balaban J connectivity index is 1.89. The standard InChI is InChI=1S/C20H29FN2O2/c1-4-14(2)20(25)23-11-7-9-17(13-23)19(24)22-15(3)12-16-8-5-6-10-18(16)21/h5-6,8,10,14-15,17H,4,7,9,11-13H2,1-3H3,(H,22,24)/t14-,15+,17+/m0/s1. The summed E-state index contributed by atoms with van der Waals surface area (Å²) in [6.07, 6.45) is 2.91. The van der Waals surface area contributed by atoms with E-state index in [4.69, 9.17) is 0 Å². The molecule has 2 rings (SSSR count). The van der Waals surface area contributed by atoms with E-state index >= 15 is 0 Å². The summed E-state index contributed by atoms with van der Waals surface area (Å²) < 4.78 is 13.7. The fourth-order valence-corrected chi connectivity index (χ4v) is 3.28. The van der Waals surface area contributed by atoms with Crippen LogP contribution in [0.5, 0.6) is 0 Å². The van der Waals surface area contributed by atoms with Crippen molar-refractivity contribution < 1.29 is 14.0 Å². The fourth-order valence-electron chi connectivity index (χ4n) is 3.28. The van der Waals surface area contributed by atoms with Gasteiger partial charge >= 0.3 is 0 Å². The zero-order chi connectivity index (χ0) is 18.4. The van der Waals surface area contributed by atoms with Gasteiger partial charge in [-0.25, -0.2) is 4.39 Å². The van der Waals surface area contributed by atoms with Gasteiger partial charge in [-0.2, -0.15) is 0 Å². The van der Waals surface area contributed by atoms with Crippen molar-refractivity contribution in [1.29, 1.82) is 0 Å². The summed E-state index contributed by atoms with van der Waals surface area (Å²) in [6.45, 7) is 7.04. The fraction of sp³-hybridized carbons (Fsp3) is 0.600. The first-order valence-electron chi connectivity index (χ1n) is 9.25. The number of benzene rings is 1. The van der Waals surface area contributed by atoms with Gasteiger partial charge in [-0.3, -0.25) is 9.59 Å². The van der Waals surface area contributed by atoms with Gasteiger partial charge < -0.3 is 10.2 Å². The molecule has 1 aliphatic heterocycles. The molecule has 0 spiro atoms. The van der Waals surface area contributed by atoms with Gasteiger partial charge in [0.15, 0.2) is 0 Å². The normalized spacial score (nSPS) is 20.0. The van der Waals surface area contributed by atoms with Crippen LogP contribution in [0.2, 0.25) is 0 Å². The predicted octanol–water partition coefficient (Wildman–Crippen LogP) is 3.16. The van der Waals surface area contributed by atoms with Gasteiger partial charge in [0.1, 0.15) is 5.82 Å². The van der Waals surface area contributed by atoms with Crippen LogP contribution in [0.15, 0.2) is 24.3 Å². The molecule has 5 heteroatoms. The number of hydrogen-bond donors (Lipinski definition) is 1. The quantitative estimate of drug-likeness (QED) is 0.858. The second kappa shape index (κ2) is 8.97. The van der Waals surface area contributed by atoms with Crippen LogP contribution in [-0.2, 0) is 16.0 Å². The van der Waals surface area contributed by atoms with Crippen molar-refractivity contribution in [3.63, 3.8) is 0 Å². The van der Waals surface area contributed by atoms with E-state index in [1.807, 2.05) is 25.7 Å². The summed E-state index contributed by atoms with van der Waals surface area (Å²) in [7, 11) is 0. The minimum absolute atomic E-state index is 0.00166. The maximum atomic E-state index is 13.7. The molecule has 1 saturated heterocycles. The Morgan fingerprint density at radius 2 is 2.04 bits per heavy atom. The molecule has 0 bridgehead atoms. The number of nitrogens with one attached hydrogen (secondary N) is 1. The highest BCUT2D eigenvalue weighted by Crippen LogP contribution is 2.20. The van der Waals surface area contributed by atoms with Gasteiger partial charge in [0, 0.05) is 25.0 Å². The number of likely N-dealkylation sites (tertiary alicyclic amines) is 1. The Morgan fingerprint density at radius 3 is 2.72 bits per heavy atom. The number of carbonyl (C=O) groups is 2. The molecule has 4 nitrogen and oxygen atoms in total. The SMILES string of the molecule is CC[C@H](C)C(=O)N1CCC[C@@H](C(=O)N[C@H](C)Cc2ccccc2F)C1. The number of piperidine rings is 1. The third kappa shape index (κ3) is 5.28. The lowest BCUT2D eigenvalue weighted by Gasteiger charge is -2.34. The number of nitrogens with zero attached hydrogens (tertiary/aromatic N) is 1. The molecule has 1 aromatic rings. The van der Waals surface area contributed by atoms with E-state index in [0.717, 1.165) is 25.8 Å². The Hall–Kier alpha value is -1.91. The first kappa shape index (κ1) is 19.4. The molecular weight excluding hydrogens is 319 g/mol. The van der Waals surface area contributed by atoms with E-state index in [9.17, 15) is 14.0 Å². The van der Waals surface area contributed by atoms with Crippen molar-refractivity contribution >= 4 is 11.8 Å². The Kier molecular flexibility index (Phi) is 6.97. The smallest absolute Gasteiger partial charge is 0.225 e. The molecule has 1 aromatic carbocycles. The summed E-state index contributed by atoms with van der Waals surface area (Å²) >= 11 is 0. The monoisotopic (exact) mass is 348 g/mol. The molecule has 0 saturated carbocycles. The molecule has 3 atom stereocenters. The van der Waals surface area contributed by atoms with Gasteiger partial charge in [-0.1, -0.05) is 32.0 Å². The van der Waals surface area contributed by atoms with E-state index in [-0.39, 0.29) is 35.5 Å². The van der Waals surface area contributed by atoms with Gasteiger partial charge in [-0.15, -0.1) is 0 Å². The van der Waals surface area contributed by atoms with Crippen LogP contribution in [0.3, 0.4) is 0 Å². The summed E-state index contributed by atoms with van der Waals surface area (Å²) in [4.78, 5) is 26.7. The molecular formula is C20H29FN2O2. The van der Waals surface area contributed by atoms with Crippen molar-refractivity contribution in [3.8, 4) is 0 Å². The molecule has 25 heavy (non-hydrogen) atoms. The minimum Gasteiger partial charge on any atom is -0.353 e. The molecule has 0 aromatic heterocycles. The lowest BCUT2D eigenvalue weighted by Crippen LogP contribution is -2.48. The number of carbonyl (C=O) groups excluding carboxylic acids is 2. The maximum absolute atomic E-state index is 13.7. The Bertz CT molecular complexity index is 605. The third-order valence-corrected chi connectivity index (χ3v) is 5.01. The summed E-state index contributed by atoms with van der Waals surface area (Å²) in [5.74, 6) is -0.317. The van der Waals surface area contributed by atoms with Crippen molar-refractivity contribution in [1.82, 2.24) is 10.2 Å². The van der Waals surface area contributed by atoms with Crippen LogP contribution >= 0.6 is 0 Å². The average Bonchev–Trinajstić information content (AvgIpc) is 2.62. The van der Waals surface area contributed by atoms with Gasteiger partial charge in [0.25, 0.3) is 0 Å². The van der Waals surface area contributed by atoms with Crippen molar-refractivity contribution in [2.24, 2.45) is 11.8 Å². The number of halogens is 1. The molecule has 1 fully saturated rings. The molecule has 2 amide bonds. The van der Waals surface area contributed by atoms with E-state index in [1.165, 1.54) is 6.07 Å². The molecule has 1 N–H and O–H groups in total. The number of hydrogen-bond acceptors (Lipinski definition) is 2. The maximum Gasteiger partial charge on any atom is 0.225 e. The van der Waals surface area contributed by atoms with Crippen molar-refractivity contribution in [2.45, 2.75) is 52.5 Å². The first-order valence-corrected chi connectivity index (χ1v) is 9.25. The third-order valence-electron chi connectivity index (χ3n) is 5.01. The van der Waals surface area contributed by atoms with Crippen LogP contribution in [-0.4, -0.2) is 35.8 Å². The first-order chi connectivity index (χ1) is 11.9. The molecule has 0 unspecified atom stereocenters. The largest absolute Gasteiger partial charge is 0.353 e. The van der Waals surface area contributed by atoms with Crippen molar-refractivity contribution in [2.75, 3.05) is 13.1 Å². The molecule has 0 radical (unpaired) electrons. The minimum atomic E-state index is -0.244. The highest BCUT2D eigenvalue weighted by molar-refractivity contribution is 5.82. The lowest BCUT2D eigenvalue weighted by atomic mass is 9.95. The van der Waals surface area contributed by atoms with Crippen LogP contribution in [0, 0.1) is 17.7 Å². The van der Waals surface area contributed by atoms with E-state index in [0.29, 0.717) is 18.5 Å². The molecule has 138 valence electrons. The van der Waals surface area contributed by atoms with Crippen LogP contribution in [0.4, 0.5) is 4.39 Å². The van der Waals surface area contributed by atoms with Gasteiger partial charge in [0.2, 0.25) is 11.8 Å². The Labute approximate surface area is 149 Å². The van der Waals surface area contributed by atoms with E-state index in [2.05, 4.69) is 5.32 Å². The zero-order valence-electron chi connectivity index (χ0n) is 15.4. The Morgan fingerprint density at radius 1 is 1.32 bits per heavy atom. The highest BCUT2D eigenvalue weighted by atomic mass is 19.1. The highest BCUT2D eigenvalue weighted by Gasteiger charge is 2.30. The number of amides is 2. The summed E-state index contributed by atoms with van der Waals surface area (Å²) in [5.41, 5.74) is 0.604. The topological polar surface area (TPSA) is 49.4 Å². The average molecular weight is 348 g/mol. The summed E-state index contributed by atoms with van der Waals surface area (Å²) in [6, 6.07) is 6.48. The van der Waals surface area contributed by atoms with Gasteiger partial charge in [0.05, 0.1) is 5.92 Å². The summed E-state index contributed by atoms with van der Waals surface area (Å²) in [5, 5.41) is 2.98. The molecule has 1 aliphatic rings. The molecule has 0 aliphatic carbocycles. The second-order valence-electron chi connectivity index (χ2n) is 7.14. The molecule has 1 heterocycles. The van der Waals surface area contributed by atoms with E-state index < -0.39 is 0 Å². The van der Waals surface area contributed by atoms with Gasteiger partial charge in [-0.05, 0) is 44.2 Å². The van der Waals surface area contributed by atoms with Crippen molar-refractivity contribution in [3.05, 3.63) is 35.6 Å². The zero-order valence-corrected chi connectivity index (χ0v) is 15.4. The number of rotatable bonds is 6.